The van der Waals surface area contributed by atoms with Crippen molar-refractivity contribution in [1.29, 1.82) is 0 Å². The lowest BCUT2D eigenvalue weighted by Crippen LogP contribution is -3.07. The highest BCUT2D eigenvalue weighted by atomic mass is 16.1. The molecule has 1 N–H and O–H groups in total. The van der Waals surface area contributed by atoms with E-state index < -0.39 is 0 Å². The van der Waals surface area contributed by atoms with Crippen LogP contribution in [0, 0.1) is 24.2 Å². The SMILES string of the molecule is Cc1ccc(C23C[C@@H]4C[C@@H](CC(C(=O)C[NH+](C)C)(C4)C2)C3)cc1. The molecule has 0 heterocycles. The Hall–Kier alpha value is -1.15. The molecule has 4 atom stereocenters. The quantitative estimate of drug-likeness (QED) is 0.906. The average Bonchev–Trinajstić information content (AvgIpc) is 2.45. The van der Waals surface area contributed by atoms with E-state index in [2.05, 4.69) is 45.3 Å². The van der Waals surface area contributed by atoms with Gasteiger partial charge in [0.15, 0.2) is 5.78 Å². The maximum atomic E-state index is 13.1. The van der Waals surface area contributed by atoms with Gasteiger partial charge in [0.25, 0.3) is 0 Å². The van der Waals surface area contributed by atoms with Crippen LogP contribution >= 0.6 is 0 Å². The van der Waals surface area contributed by atoms with Crippen molar-refractivity contribution in [3.8, 4) is 0 Å². The zero-order valence-corrected chi connectivity index (χ0v) is 14.8. The highest BCUT2D eigenvalue weighted by molar-refractivity contribution is 5.86. The summed E-state index contributed by atoms with van der Waals surface area (Å²) in [5, 5.41) is 0. The lowest BCUT2D eigenvalue weighted by Gasteiger charge is -2.61. The number of hydrogen-bond acceptors (Lipinski definition) is 1. The van der Waals surface area contributed by atoms with E-state index >= 15 is 0 Å². The summed E-state index contributed by atoms with van der Waals surface area (Å²) in [7, 11) is 4.21. The second kappa shape index (κ2) is 5.17. The Balaban J connectivity index is 1.70. The van der Waals surface area contributed by atoms with E-state index in [1.165, 1.54) is 48.1 Å². The van der Waals surface area contributed by atoms with Gasteiger partial charge < -0.3 is 4.90 Å². The lowest BCUT2D eigenvalue weighted by molar-refractivity contribution is -0.849. The zero-order chi connectivity index (χ0) is 16.2. The standard InChI is InChI=1S/C21H29NO/c1-15-4-6-18(7-5-15)20-9-16-8-17(10-20)12-21(11-16,14-20)19(23)13-22(2)3/h4-7,16-17H,8-14H2,1-3H3/p+1/t16-,17+,20?,21?. The first-order chi connectivity index (χ1) is 10.9. The van der Waals surface area contributed by atoms with Crippen LogP contribution in [0.2, 0.25) is 0 Å². The molecule has 4 bridgehead atoms. The molecule has 0 saturated heterocycles. The second-order valence-electron chi connectivity index (χ2n) is 9.19. The van der Waals surface area contributed by atoms with E-state index in [1.807, 2.05) is 0 Å². The normalized spacial score (nSPS) is 38.3. The summed E-state index contributed by atoms with van der Waals surface area (Å²) < 4.78 is 0. The van der Waals surface area contributed by atoms with Crippen LogP contribution in [0.1, 0.15) is 49.7 Å². The summed E-state index contributed by atoms with van der Waals surface area (Å²) in [5.74, 6) is 2.10. The van der Waals surface area contributed by atoms with E-state index in [0.29, 0.717) is 12.3 Å². The minimum atomic E-state index is -0.00770. The van der Waals surface area contributed by atoms with E-state index in [1.54, 1.807) is 0 Å². The van der Waals surface area contributed by atoms with Gasteiger partial charge in [-0.05, 0) is 68.3 Å². The summed E-state index contributed by atoms with van der Waals surface area (Å²) >= 11 is 0. The fraction of sp³-hybridized carbons (Fsp3) is 0.667. The molecule has 0 aliphatic heterocycles. The smallest absolute Gasteiger partial charge is 0.192 e. The van der Waals surface area contributed by atoms with Crippen LogP contribution in [0.15, 0.2) is 24.3 Å². The Morgan fingerprint density at radius 1 is 1.09 bits per heavy atom. The predicted molar refractivity (Wildman–Crippen MR) is 92.7 cm³/mol. The number of hydrogen-bond donors (Lipinski definition) is 1. The fourth-order valence-corrected chi connectivity index (χ4v) is 6.34. The van der Waals surface area contributed by atoms with Gasteiger partial charge in [-0.15, -0.1) is 0 Å². The number of carbonyl (C=O) groups is 1. The molecule has 124 valence electrons. The number of aryl methyl sites for hydroxylation is 1. The molecule has 0 spiro atoms. The summed E-state index contributed by atoms with van der Waals surface area (Å²) in [4.78, 5) is 14.4. The molecule has 1 aromatic carbocycles. The summed E-state index contributed by atoms with van der Waals surface area (Å²) in [6.07, 6.45) is 7.46. The van der Waals surface area contributed by atoms with Crippen LogP contribution in [0.5, 0.6) is 0 Å². The molecule has 4 aliphatic carbocycles. The Labute approximate surface area is 140 Å². The van der Waals surface area contributed by atoms with Crippen LogP contribution in [0.4, 0.5) is 0 Å². The number of benzene rings is 1. The number of Topliss-reactive ketones (excluding diaryl/α,β-unsaturated/α-hetero) is 1. The van der Waals surface area contributed by atoms with Gasteiger partial charge in [0.1, 0.15) is 6.54 Å². The van der Waals surface area contributed by atoms with E-state index in [0.717, 1.165) is 18.3 Å². The van der Waals surface area contributed by atoms with Crippen molar-refractivity contribution in [2.45, 2.75) is 50.9 Å². The molecule has 0 radical (unpaired) electrons. The third-order valence-corrected chi connectivity index (χ3v) is 6.83. The van der Waals surface area contributed by atoms with E-state index in [-0.39, 0.29) is 10.8 Å². The second-order valence-corrected chi connectivity index (χ2v) is 9.19. The van der Waals surface area contributed by atoms with Gasteiger partial charge in [-0.1, -0.05) is 29.8 Å². The van der Waals surface area contributed by atoms with Gasteiger partial charge in [0.2, 0.25) is 0 Å². The summed E-state index contributed by atoms with van der Waals surface area (Å²) in [6, 6.07) is 9.20. The van der Waals surface area contributed by atoms with E-state index in [4.69, 9.17) is 0 Å². The Morgan fingerprint density at radius 3 is 2.26 bits per heavy atom. The fourth-order valence-electron chi connectivity index (χ4n) is 6.34. The van der Waals surface area contributed by atoms with Crippen LogP contribution in [0.3, 0.4) is 0 Å². The first kappa shape index (κ1) is 15.4. The monoisotopic (exact) mass is 312 g/mol. The molecule has 2 heteroatoms. The maximum absolute atomic E-state index is 13.1. The Kier molecular flexibility index (Phi) is 3.46. The Morgan fingerprint density at radius 2 is 1.70 bits per heavy atom. The van der Waals surface area contributed by atoms with Crippen molar-refractivity contribution >= 4 is 5.78 Å². The van der Waals surface area contributed by atoms with Gasteiger partial charge in [0.05, 0.1) is 14.1 Å². The zero-order valence-electron chi connectivity index (χ0n) is 14.8. The number of nitrogens with one attached hydrogen (secondary N) is 1. The number of ketones is 1. The number of rotatable bonds is 4. The molecule has 4 saturated carbocycles. The molecule has 5 rings (SSSR count). The van der Waals surface area contributed by atoms with Gasteiger partial charge in [-0.2, -0.15) is 0 Å². The highest BCUT2D eigenvalue weighted by Crippen LogP contribution is 2.65. The summed E-state index contributed by atoms with van der Waals surface area (Å²) in [6.45, 7) is 2.86. The minimum absolute atomic E-state index is 0.00770. The van der Waals surface area contributed by atoms with Crippen molar-refractivity contribution in [1.82, 2.24) is 0 Å². The topological polar surface area (TPSA) is 21.5 Å². The van der Waals surface area contributed by atoms with Gasteiger partial charge in [-0.3, -0.25) is 4.79 Å². The van der Waals surface area contributed by atoms with Crippen LogP contribution in [0.25, 0.3) is 0 Å². The third-order valence-electron chi connectivity index (χ3n) is 6.83. The van der Waals surface area contributed by atoms with Crippen LogP contribution in [-0.2, 0) is 10.2 Å². The van der Waals surface area contributed by atoms with Gasteiger partial charge in [-0.25, -0.2) is 0 Å². The molecular weight excluding hydrogens is 282 g/mol. The summed E-state index contributed by atoms with van der Waals surface area (Å²) in [5.41, 5.74) is 3.12. The van der Waals surface area contributed by atoms with Crippen LogP contribution < -0.4 is 4.90 Å². The molecule has 0 aromatic heterocycles. The van der Waals surface area contributed by atoms with Crippen molar-refractivity contribution in [3.05, 3.63) is 35.4 Å². The molecule has 4 aliphatic rings. The molecule has 23 heavy (non-hydrogen) atoms. The van der Waals surface area contributed by atoms with Crippen LogP contribution in [-0.4, -0.2) is 26.4 Å². The largest absolute Gasteiger partial charge is 0.334 e. The third kappa shape index (κ3) is 2.46. The molecule has 4 fully saturated rings. The van der Waals surface area contributed by atoms with Crippen molar-refractivity contribution in [3.63, 3.8) is 0 Å². The lowest BCUT2D eigenvalue weighted by atomic mass is 9.42. The van der Waals surface area contributed by atoms with E-state index in [9.17, 15) is 4.79 Å². The first-order valence-electron chi connectivity index (χ1n) is 9.30. The molecule has 1 aromatic rings. The number of carbonyl (C=O) groups excluding carboxylic acids is 1. The molecule has 0 amide bonds. The molecular formula is C21H30NO+. The van der Waals surface area contributed by atoms with Gasteiger partial charge in [0, 0.05) is 5.41 Å². The van der Waals surface area contributed by atoms with Crippen molar-refractivity contribution in [2.75, 3.05) is 20.6 Å². The number of likely N-dealkylation sites (N-methyl/N-ethyl adjacent to an activating group) is 1. The van der Waals surface area contributed by atoms with Gasteiger partial charge >= 0.3 is 0 Å². The number of quaternary nitrogens is 1. The average molecular weight is 312 g/mol. The van der Waals surface area contributed by atoms with Crippen molar-refractivity contribution < 1.29 is 9.69 Å². The first-order valence-corrected chi connectivity index (χ1v) is 9.30. The highest BCUT2D eigenvalue weighted by Gasteiger charge is 2.60. The minimum Gasteiger partial charge on any atom is -0.334 e. The molecule has 2 nitrogen and oxygen atoms in total. The Bertz CT molecular complexity index is 601. The maximum Gasteiger partial charge on any atom is 0.192 e. The predicted octanol–water partition coefficient (Wildman–Crippen LogP) is 2.55. The molecule has 2 unspecified atom stereocenters. The van der Waals surface area contributed by atoms with Crippen molar-refractivity contribution in [2.24, 2.45) is 17.3 Å².